The standard InChI is InChI=1S/C28H38N4O4/c1-5-36-23-8-6-7-21(16-23)17-26(33)31-13-11-20(12-14-31)15-22-18-32(19-22)25-10-9-24(27(29-25)35-4)28(34)30(2)3/h6-10,16,20,22H,5,11-15,17-19H2,1-4H3. The maximum Gasteiger partial charge on any atom is 0.258 e. The van der Waals surface area contributed by atoms with E-state index in [4.69, 9.17) is 9.47 Å². The predicted molar refractivity (Wildman–Crippen MR) is 140 cm³/mol. The molecule has 0 spiro atoms. The zero-order valence-corrected chi connectivity index (χ0v) is 21.9. The summed E-state index contributed by atoms with van der Waals surface area (Å²) in [5.41, 5.74) is 1.48. The summed E-state index contributed by atoms with van der Waals surface area (Å²) >= 11 is 0. The van der Waals surface area contributed by atoms with Crippen molar-refractivity contribution in [2.24, 2.45) is 11.8 Å². The molecule has 3 heterocycles. The largest absolute Gasteiger partial charge is 0.494 e. The molecule has 1 aromatic heterocycles. The van der Waals surface area contributed by atoms with E-state index in [-0.39, 0.29) is 11.8 Å². The first-order valence-electron chi connectivity index (χ1n) is 12.9. The van der Waals surface area contributed by atoms with E-state index in [9.17, 15) is 9.59 Å². The highest BCUT2D eigenvalue weighted by Gasteiger charge is 2.32. The number of pyridine rings is 1. The van der Waals surface area contributed by atoms with Gasteiger partial charge in [-0.2, -0.15) is 4.98 Å². The van der Waals surface area contributed by atoms with Crippen molar-refractivity contribution in [1.29, 1.82) is 0 Å². The van der Waals surface area contributed by atoms with Gasteiger partial charge < -0.3 is 24.2 Å². The third-order valence-electron chi connectivity index (χ3n) is 7.16. The number of piperidine rings is 1. The zero-order chi connectivity index (χ0) is 25.7. The number of amides is 2. The van der Waals surface area contributed by atoms with Crippen LogP contribution in [0.25, 0.3) is 0 Å². The lowest BCUT2D eigenvalue weighted by Crippen LogP contribution is -2.49. The molecular weight excluding hydrogens is 456 g/mol. The first-order valence-corrected chi connectivity index (χ1v) is 12.9. The van der Waals surface area contributed by atoms with Gasteiger partial charge in [0.15, 0.2) is 0 Å². The molecule has 0 unspecified atom stereocenters. The maximum absolute atomic E-state index is 12.8. The Morgan fingerprint density at radius 1 is 1.08 bits per heavy atom. The lowest BCUT2D eigenvalue weighted by atomic mass is 9.83. The van der Waals surface area contributed by atoms with Gasteiger partial charge in [0, 0.05) is 40.3 Å². The monoisotopic (exact) mass is 494 g/mol. The van der Waals surface area contributed by atoms with Gasteiger partial charge in [-0.1, -0.05) is 12.1 Å². The Bertz CT molecular complexity index is 1060. The Hall–Kier alpha value is -3.29. The van der Waals surface area contributed by atoms with Gasteiger partial charge in [-0.15, -0.1) is 0 Å². The average Bonchev–Trinajstić information content (AvgIpc) is 2.86. The topological polar surface area (TPSA) is 75.2 Å². The molecule has 0 atom stereocenters. The zero-order valence-electron chi connectivity index (χ0n) is 21.9. The fourth-order valence-corrected chi connectivity index (χ4v) is 5.16. The summed E-state index contributed by atoms with van der Waals surface area (Å²) < 4.78 is 10.9. The van der Waals surface area contributed by atoms with Crippen molar-refractivity contribution in [2.75, 3.05) is 58.9 Å². The quantitative estimate of drug-likeness (QED) is 0.531. The fourth-order valence-electron chi connectivity index (χ4n) is 5.16. The predicted octanol–water partition coefficient (Wildman–Crippen LogP) is 3.50. The third-order valence-corrected chi connectivity index (χ3v) is 7.16. The number of anilines is 1. The van der Waals surface area contributed by atoms with Crippen LogP contribution in [0.1, 0.15) is 42.1 Å². The van der Waals surface area contributed by atoms with Crippen LogP contribution in [0.3, 0.4) is 0 Å². The molecule has 4 rings (SSSR count). The number of ether oxygens (including phenoxy) is 2. The Morgan fingerprint density at radius 2 is 1.83 bits per heavy atom. The van der Waals surface area contributed by atoms with Crippen molar-refractivity contribution in [2.45, 2.75) is 32.6 Å². The van der Waals surface area contributed by atoms with Crippen molar-refractivity contribution in [3.8, 4) is 11.6 Å². The molecule has 194 valence electrons. The highest BCUT2D eigenvalue weighted by atomic mass is 16.5. The minimum absolute atomic E-state index is 0.115. The smallest absolute Gasteiger partial charge is 0.258 e. The molecule has 0 N–H and O–H groups in total. The molecule has 1 aromatic carbocycles. The van der Waals surface area contributed by atoms with Crippen LogP contribution in [0.2, 0.25) is 0 Å². The van der Waals surface area contributed by atoms with Crippen LogP contribution < -0.4 is 14.4 Å². The summed E-state index contributed by atoms with van der Waals surface area (Å²) in [6.07, 6.45) is 3.74. The molecule has 2 fully saturated rings. The Kier molecular flexibility index (Phi) is 8.33. The SMILES string of the molecule is CCOc1cccc(CC(=O)N2CCC(CC3CN(c4ccc(C(=O)N(C)C)c(OC)n4)C3)CC2)c1. The number of hydrogen-bond acceptors (Lipinski definition) is 6. The minimum Gasteiger partial charge on any atom is -0.494 e. The second kappa shape index (κ2) is 11.6. The van der Waals surface area contributed by atoms with E-state index in [0.29, 0.717) is 36.3 Å². The van der Waals surface area contributed by atoms with E-state index in [1.165, 1.54) is 11.3 Å². The van der Waals surface area contributed by atoms with Gasteiger partial charge in [-0.25, -0.2) is 0 Å². The fraction of sp³-hybridized carbons (Fsp3) is 0.536. The van der Waals surface area contributed by atoms with Crippen LogP contribution in [-0.2, 0) is 11.2 Å². The number of benzene rings is 1. The van der Waals surface area contributed by atoms with Crippen molar-refractivity contribution >= 4 is 17.6 Å². The van der Waals surface area contributed by atoms with E-state index in [1.807, 2.05) is 42.2 Å². The number of rotatable bonds is 9. The molecule has 2 aliphatic rings. The molecule has 2 saturated heterocycles. The first-order chi connectivity index (χ1) is 17.4. The van der Waals surface area contributed by atoms with E-state index < -0.39 is 0 Å². The summed E-state index contributed by atoms with van der Waals surface area (Å²) in [6, 6.07) is 11.5. The van der Waals surface area contributed by atoms with Crippen LogP contribution >= 0.6 is 0 Å². The molecule has 0 saturated carbocycles. The molecule has 2 amide bonds. The molecule has 0 radical (unpaired) electrons. The molecule has 8 heteroatoms. The Labute approximate surface area is 214 Å². The van der Waals surface area contributed by atoms with E-state index in [1.54, 1.807) is 27.3 Å². The highest BCUT2D eigenvalue weighted by Crippen LogP contribution is 2.33. The summed E-state index contributed by atoms with van der Waals surface area (Å²) in [7, 11) is 4.99. The molecule has 0 bridgehead atoms. The number of carbonyl (C=O) groups excluding carboxylic acids is 2. The molecule has 8 nitrogen and oxygen atoms in total. The normalized spacial score (nSPS) is 16.4. The number of aromatic nitrogens is 1. The van der Waals surface area contributed by atoms with Gasteiger partial charge in [-0.05, 0) is 67.9 Å². The van der Waals surface area contributed by atoms with Gasteiger partial charge in [0.25, 0.3) is 5.91 Å². The van der Waals surface area contributed by atoms with Crippen molar-refractivity contribution in [3.05, 3.63) is 47.5 Å². The van der Waals surface area contributed by atoms with Crippen LogP contribution in [0, 0.1) is 11.8 Å². The molecular formula is C28H38N4O4. The second-order valence-corrected chi connectivity index (χ2v) is 10.0. The van der Waals surface area contributed by atoms with E-state index in [0.717, 1.165) is 56.2 Å². The van der Waals surface area contributed by atoms with Crippen LogP contribution in [0.15, 0.2) is 36.4 Å². The Morgan fingerprint density at radius 3 is 2.50 bits per heavy atom. The molecule has 2 aliphatic heterocycles. The summed E-state index contributed by atoms with van der Waals surface area (Å²) in [4.78, 5) is 35.5. The first kappa shape index (κ1) is 25.8. The van der Waals surface area contributed by atoms with Crippen molar-refractivity contribution < 1.29 is 19.1 Å². The third kappa shape index (κ3) is 6.09. The maximum atomic E-state index is 12.8. The average molecular weight is 495 g/mol. The van der Waals surface area contributed by atoms with Gasteiger partial charge in [-0.3, -0.25) is 9.59 Å². The van der Waals surface area contributed by atoms with E-state index in [2.05, 4.69) is 9.88 Å². The van der Waals surface area contributed by atoms with Gasteiger partial charge in [0.05, 0.1) is 20.1 Å². The van der Waals surface area contributed by atoms with Crippen LogP contribution in [0.4, 0.5) is 5.82 Å². The summed E-state index contributed by atoms with van der Waals surface area (Å²) in [5, 5.41) is 0. The minimum atomic E-state index is -0.115. The van der Waals surface area contributed by atoms with Gasteiger partial charge >= 0.3 is 0 Å². The van der Waals surface area contributed by atoms with Crippen LogP contribution in [-0.4, -0.2) is 80.6 Å². The van der Waals surface area contributed by atoms with Gasteiger partial charge in [0.1, 0.15) is 17.1 Å². The highest BCUT2D eigenvalue weighted by molar-refractivity contribution is 5.96. The summed E-state index contributed by atoms with van der Waals surface area (Å²) in [5.74, 6) is 3.43. The lowest BCUT2D eigenvalue weighted by Gasteiger charge is -2.43. The number of nitrogens with zero attached hydrogens (tertiary/aromatic N) is 4. The lowest BCUT2D eigenvalue weighted by molar-refractivity contribution is -0.131. The number of methoxy groups -OCH3 is 1. The molecule has 36 heavy (non-hydrogen) atoms. The number of hydrogen-bond donors (Lipinski definition) is 0. The van der Waals surface area contributed by atoms with E-state index >= 15 is 0 Å². The molecule has 0 aliphatic carbocycles. The number of carbonyl (C=O) groups is 2. The summed E-state index contributed by atoms with van der Waals surface area (Å²) in [6.45, 7) is 6.19. The molecule has 2 aromatic rings. The van der Waals surface area contributed by atoms with Gasteiger partial charge in [0.2, 0.25) is 11.8 Å². The second-order valence-electron chi connectivity index (χ2n) is 10.0. The number of likely N-dealkylation sites (tertiary alicyclic amines) is 1. The van der Waals surface area contributed by atoms with Crippen molar-refractivity contribution in [1.82, 2.24) is 14.8 Å². The Balaban J connectivity index is 1.21. The van der Waals surface area contributed by atoms with Crippen LogP contribution in [0.5, 0.6) is 11.6 Å². The van der Waals surface area contributed by atoms with Crippen molar-refractivity contribution in [3.63, 3.8) is 0 Å².